The van der Waals surface area contributed by atoms with E-state index in [0.29, 0.717) is 24.5 Å². The Kier molecular flexibility index (Phi) is 6.17. The molecule has 0 saturated heterocycles. The number of hydrogen-bond donors (Lipinski definition) is 1. The molecule has 23 heavy (non-hydrogen) atoms. The molecule has 0 radical (unpaired) electrons. The van der Waals surface area contributed by atoms with Gasteiger partial charge in [-0.2, -0.15) is 5.10 Å². The molecule has 0 aliphatic heterocycles. The van der Waals surface area contributed by atoms with Crippen molar-refractivity contribution in [3.63, 3.8) is 0 Å². The minimum atomic E-state index is -0.162. The maximum atomic E-state index is 11.8. The van der Waals surface area contributed by atoms with E-state index in [4.69, 9.17) is 9.47 Å². The van der Waals surface area contributed by atoms with Gasteiger partial charge in [-0.25, -0.2) is 5.43 Å². The Balaban J connectivity index is 1.93. The third kappa shape index (κ3) is 5.14. The maximum absolute atomic E-state index is 11.8. The van der Waals surface area contributed by atoms with Gasteiger partial charge < -0.3 is 9.47 Å². The maximum Gasteiger partial charge on any atom is 0.244 e. The molecule has 2 aromatic rings. The van der Waals surface area contributed by atoms with Gasteiger partial charge in [-0.1, -0.05) is 30.3 Å². The molecule has 0 atom stereocenters. The number of methoxy groups -OCH3 is 1. The SMILES string of the molecule is CCOc1ccc(/C=N/NC(=O)Cc2ccccc2)cc1OC. The van der Waals surface area contributed by atoms with E-state index in [1.54, 1.807) is 19.4 Å². The molecule has 0 bridgehead atoms. The van der Waals surface area contributed by atoms with Crippen LogP contribution in [0.1, 0.15) is 18.1 Å². The van der Waals surface area contributed by atoms with Gasteiger partial charge in [-0.3, -0.25) is 4.79 Å². The van der Waals surface area contributed by atoms with Gasteiger partial charge in [-0.05, 0) is 36.2 Å². The number of ether oxygens (including phenoxy) is 2. The van der Waals surface area contributed by atoms with Gasteiger partial charge in [0.25, 0.3) is 0 Å². The molecule has 5 nitrogen and oxygen atoms in total. The van der Waals surface area contributed by atoms with Crippen LogP contribution in [0.2, 0.25) is 0 Å². The summed E-state index contributed by atoms with van der Waals surface area (Å²) in [5.41, 5.74) is 4.27. The largest absolute Gasteiger partial charge is 0.493 e. The minimum absolute atomic E-state index is 0.162. The van der Waals surface area contributed by atoms with Crippen LogP contribution in [0.15, 0.2) is 53.6 Å². The van der Waals surface area contributed by atoms with E-state index < -0.39 is 0 Å². The molecule has 5 heteroatoms. The Morgan fingerprint density at radius 2 is 1.96 bits per heavy atom. The van der Waals surface area contributed by atoms with Crippen molar-refractivity contribution in [2.75, 3.05) is 13.7 Å². The summed E-state index contributed by atoms with van der Waals surface area (Å²) < 4.78 is 10.7. The number of hydrazone groups is 1. The molecular weight excluding hydrogens is 292 g/mol. The van der Waals surface area contributed by atoms with Crippen molar-refractivity contribution in [2.24, 2.45) is 5.10 Å². The zero-order valence-electron chi connectivity index (χ0n) is 13.3. The Bertz CT molecular complexity index is 669. The Morgan fingerprint density at radius 3 is 2.65 bits per heavy atom. The molecule has 0 aliphatic carbocycles. The smallest absolute Gasteiger partial charge is 0.244 e. The molecule has 0 unspecified atom stereocenters. The van der Waals surface area contributed by atoms with Crippen LogP contribution in [0.3, 0.4) is 0 Å². The van der Waals surface area contributed by atoms with Crippen molar-refractivity contribution >= 4 is 12.1 Å². The number of carbonyl (C=O) groups excluding carboxylic acids is 1. The number of nitrogens with one attached hydrogen (secondary N) is 1. The molecule has 2 aromatic carbocycles. The van der Waals surface area contributed by atoms with Crippen LogP contribution in [-0.4, -0.2) is 25.8 Å². The molecule has 0 spiro atoms. The predicted molar refractivity (Wildman–Crippen MR) is 90.0 cm³/mol. The summed E-state index contributed by atoms with van der Waals surface area (Å²) in [4.78, 5) is 11.8. The van der Waals surface area contributed by atoms with Crippen LogP contribution in [0, 0.1) is 0 Å². The lowest BCUT2D eigenvalue weighted by Crippen LogP contribution is -2.19. The zero-order chi connectivity index (χ0) is 16.5. The van der Waals surface area contributed by atoms with Gasteiger partial charge in [0, 0.05) is 0 Å². The second kappa shape index (κ2) is 8.58. The van der Waals surface area contributed by atoms with Gasteiger partial charge in [0.15, 0.2) is 11.5 Å². The number of benzene rings is 2. The van der Waals surface area contributed by atoms with Crippen LogP contribution >= 0.6 is 0 Å². The summed E-state index contributed by atoms with van der Waals surface area (Å²) >= 11 is 0. The standard InChI is InChI=1S/C18H20N2O3/c1-3-23-16-10-9-15(11-17(16)22-2)13-19-20-18(21)12-14-7-5-4-6-8-14/h4-11,13H,3,12H2,1-2H3,(H,20,21)/b19-13+. The van der Waals surface area contributed by atoms with E-state index in [2.05, 4.69) is 10.5 Å². The van der Waals surface area contributed by atoms with Crippen molar-refractivity contribution in [3.05, 3.63) is 59.7 Å². The van der Waals surface area contributed by atoms with Gasteiger partial charge >= 0.3 is 0 Å². The van der Waals surface area contributed by atoms with Crippen LogP contribution < -0.4 is 14.9 Å². The summed E-state index contributed by atoms with van der Waals surface area (Å²) in [6.45, 7) is 2.48. The van der Waals surface area contributed by atoms with Crippen molar-refractivity contribution in [2.45, 2.75) is 13.3 Å². The van der Waals surface area contributed by atoms with E-state index >= 15 is 0 Å². The summed E-state index contributed by atoms with van der Waals surface area (Å²) in [5, 5.41) is 3.97. The van der Waals surface area contributed by atoms with Gasteiger partial charge in [0.2, 0.25) is 5.91 Å². The first-order valence-corrected chi connectivity index (χ1v) is 7.39. The van der Waals surface area contributed by atoms with Gasteiger partial charge in [0.05, 0.1) is 26.4 Å². The van der Waals surface area contributed by atoms with E-state index in [9.17, 15) is 4.79 Å². The first kappa shape index (κ1) is 16.5. The lowest BCUT2D eigenvalue weighted by molar-refractivity contribution is -0.120. The fraction of sp³-hybridized carbons (Fsp3) is 0.222. The van der Waals surface area contributed by atoms with E-state index in [1.807, 2.05) is 49.4 Å². The first-order valence-electron chi connectivity index (χ1n) is 7.39. The summed E-state index contributed by atoms with van der Waals surface area (Å²) in [6, 6.07) is 15.0. The van der Waals surface area contributed by atoms with Crippen molar-refractivity contribution < 1.29 is 14.3 Å². The highest BCUT2D eigenvalue weighted by Gasteiger charge is 2.04. The topological polar surface area (TPSA) is 59.9 Å². The third-order valence-corrected chi connectivity index (χ3v) is 3.10. The van der Waals surface area contributed by atoms with Crippen LogP contribution in [0.5, 0.6) is 11.5 Å². The average molecular weight is 312 g/mol. The molecule has 0 saturated carbocycles. The molecule has 0 aliphatic rings. The summed E-state index contributed by atoms with van der Waals surface area (Å²) in [6.07, 6.45) is 1.87. The minimum Gasteiger partial charge on any atom is -0.493 e. The Hall–Kier alpha value is -2.82. The van der Waals surface area contributed by atoms with Crippen molar-refractivity contribution in [1.29, 1.82) is 0 Å². The molecule has 1 amide bonds. The van der Waals surface area contributed by atoms with Crippen LogP contribution in [-0.2, 0) is 11.2 Å². The van der Waals surface area contributed by atoms with Crippen molar-refractivity contribution in [3.8, 4) is 11.5 Å². The molecular formula is C18H20N2O3. The highest BCUT2D eigenvalue weighted by atomic mass is 16.5. The summed E-state index contributed by atoms with van der Waals surface area (Å²) in [5.74, 6) is 1.15. The lowest BCUT2D eigenvalue weighted by Gasteiger charge is -2.09. The van der Waals surface area contributed by atoms with Gasteiger partial charge in [0.1, 0.15) is 0 Å². The summed E-state index contributed by atoms with van der Waals surface area (Å²) in [7, 11) is 1.58. The monoisotopic (exact) mass is 312 g/mol. The molecule has 2 rings (SSSR count). The predicted octanol–water partition coefficient (Wildman–Crippen LogP) is 2.79. The molecule has 1 N–H and O–H groups in total. The fourth-order valence-electron chi connectivity index (χ4n) is 2.04. The number of hydrogen-bond acceptors (Lipinski definition) is 4. The highest BCUT2D eigenvalue weighted by molar-refractivity contribution is 5.84. The molecule has 0 heterocycles. The molecule has 0 fully saturated rings. The van der Waals surface area contributed by atoms with E-state index in [-0.39, 0.29) is 5.91 Å². The lowest BCUT2D eigenvalue weighted by atomic mass is 10.1. The second-order valence-electron chi connectivity index (χ2n) is 4.80. The number of amides is 1. The third-order valence-electron chi connectivity index (χ3n) is 3.10. The molecule has 0 aromatic heterocycles. The van der Waals surface area contributed by atoms with E-state index in [1.165, 1.54) is 0 Å². The van der Waals surface area contributed by atoms with E-state index in [0.717, 1.165) is 11.1 Å². The first-order chi connectivity index (χ1) is 11.2. The highest BCUT2D eigenvalue weighted by Crippen LogP contribution is 2.27. The number of carbonyl (C=O) groups is 1. The number of rotatable bonds is 7. The van der Waals surface area contributed by atoms with Crippen molar-refractivity contribution in [1.82, 2.24) is 5.43 Å². The zero-order valence-corrected chi connectivity index (χ0v) is 13.3. The fourth-order valence-corrected chi connectivity index (χ4v) is 2.04. The van der Waals surface area contributed by atoms with Gasteiger partial charge in [-0.15, -0.1) is 0 Å². The number of nitrogens with zero attached hydrogens (tertiary/aromatic N) is 1. The van der Waals surface area contributed by atoms with Crippen LogP contribution in [0.4, 0.5) is 0 Å². The Labute approximate surface area is 135 Å². The quantitative estimate of drug-likeness (QED) is 0.632. The van der Waals surface area contributed by atoms with Crippen LogP contribution in [0.25, 0.3) is 0 Å². The normalized spacial score (nSPS) is 10.5. The Morgan fingerprint density at radius 1 is 1.17 bits per heavy atom. The second-order valence-corrected chi connectivity index (χ2v) is 4.80. The molecule has 120 valence electrons. The average Bonchev–Trinajstić information content (AvgIpc) is 2.57.